The fourth-order valence-electron chi connectivity index (χ4n) is 8.05. The molecule has 0 aromatic rings. The third kappa shape index (κ3) is 41.8. The average Bonchev–Trinajstić information content (AvgIpc) is 3.42. The van der Waals surface area contributed by atoms with Crippen molar-refractivity contribution in [2.24, 2.45) is 0 Å². The van der Waals surface area contributed by atoms with Gasteiger partial charge in [-0.05, 0) is 116 Å². The highest BCUT2D eigenvalue weighted by atomic mass is 16.7. The third-order valence-corrected chi connectivity index (χ3v) is 12.5. The maximum atomic E-state index is 13.2. The molecule has 0 bridgehead atoms. The van der Waals surface area contributed by atoms with Gasteiger partial charge in [-0.2, -0.15) is 0 Å². The van der Waals surface area contributed by atoms with Crippen molar-refractivity contribution in [1.82, 2.24) is 0 Å². The van der Waals surface area contributed by atoms with E-state index in [2.05, 4.69) is 124 Å². The van der Waals surface area contributed by atoms with Crippen LogP contribution in [0, 0.1) is 0 Å². The Morgan fingerprint density at radius 2 is 0.844 bits per heavy atom. The Hall–Kier alpha value is -4.88. The van der Waals surface area contributed by atoms with Gasteiger partial charge in [-0.1, -0.05) is 200 Å². The summed E-state index contributed by atoms with van der Waals surface area (Å²) in [4.78, 5) is 51.1. The molecule has 1 rings (SSSR count). The molecule has 6 unspecified atom stereocenters. The first-order valence-electron chi connectivity index (χ1n) is 29.5. The summed E-state index contributed by atoms with van der Waals surface area (Å²) in [5, 5.41) is 31.4. The molecule has 0 aliphatic carbocycles. The predicted molar refractivity (Wildman–Crippen MR) is 312 cm³/mol. The molecule has 12 heteroatoms. The highest BCUT2D eigenvalue weighted by molar-refractivity contribution is 5.74. The molecule has 77 heavy (non-hydrogen) atoms. The Kier molecular flexibility index (Phi) is 47.2. The highest BCUT2D eigenvalue weighted by Gasteiger charge is 2.50. The van der Waals surface area contributed by atoms with Crippen LogP contribution in [-0.2, 0) is 42.9 Å². The number of rotatable bonds is 48. The number of hydrogen-bond donors (Lipinski definition) is 3. The number of carboxylic acids is 1. The highest BCUT2D eigenvalue weighted by Crippen LogP contribution is 2.26. The average molecular weight is 1080 g/mol. The van der Waals surface area contributed by atoms with Gasteiger partial charge in [0.15, 0.2) is 24.6 Å². The largest absolute Gasteiger partial charge is 0.479 e. The molecule has 1 heterocycles. The van der Waals surface area contributed by atoms with Crippen molar-refractivity contribution in [3.8, 4) is 0 Å². The van der Waals surface area contributed by atoms with E-state index in [4.69, 9.17) is 23.7 Å². The zero-order valence-corrected chi connectivity index (χ0v) is 47.7. The van der Waals surface area contributed by atoms with E-state index in [1.54, 1.807) is 0 Å². The molecule has 3 N–H and O–H groups in total. The molecule has 0 aromatic carbocycles. The zero-order valence-electron chi connectivity index (χ0n) is 47.7. The summed E-state index contributed by atoms with van der Waals surface area (Å²) in [5.41, 5.74) is 0. The van der Waals surface area contributed by atoms with Crippen molar-refractivity contribution in [3.63, 3.8) is 0 Å². The molecule has 0 radical (unpaired) electrons. The Balaban J connectivity index is 2.76. The second-order valence-electron chi connectivity index (χ2n) is 19.5. The lowest BCUT2D eigenvalue weighted by Crippen LogP contribution is -2.61. The summed E-state index contributed by atoms with van der Waals surface area (Å²) in [6.45, 7) is 5.66. The first-order chi connectivity index (χ1) is 37.6. The number of ether oxygens (including phenoxy) is 5. The molecule has 1 saturated heterocycles. The van der Waals surface area contributed by atoms with E-state index in [1.165, 1.54) is 19.3 Å². The van der Waals surface area contributed by atoms with E-state index in [0.717, 1.165) is 128 Å². The maximum absolute atomic E-state index is 13.2. The van der Waals surface area contributed by atoms with Gasteiger partial charge < -0.3 is 39.0 Å². The van der Waals surface area contributed by atoms with E-state index in [1.807, 2.05) is 18.2 Å². The fourth-order valence-corrected chi connectivity index (χ4v) is 8.05. The summed E-state index contributed by atoms with van der Waals surface area (Å²) >= 11 is 0. The molecular formula is C65H102O12. The molecule has 1 fully saturated rings. The normalized spacial score (nSPS) is 18.9. The van der Waals surface area contributed by atoms with Gasteiger partial charge in [0, 0.05) is 19.3 Å². The molecule has 0 spiro atoms. The zero-order chi connectivity index (χ0) is 56.1. The number of hydrogen-bond acceptors (Lipinski definition) is 11. The van der Waals surface area contributed by atoms with E-state index in [0.29, 0.717) is 25.7 Å². The van der Waals surface area contributed by atoms with Crippen LogP contribution in [0.1, 0.15) is 213 Å². The van der Waals surface area contributed by atoms with Gasteiger partial charge >= 0.3 is 23.9 Å². The quantitative estimate of drug-likeness (QED) is 0.0228. The van der Waals surface area contributed by atoms with Crippen LogP contribution in [0.4, 0.5) is 0 Å². The number of aliphatic carboxylic acids is 1. The van der Waals surface area contributed by atoms with Crippen molar-refractivity contribution in [3.05, 3.63) is 122 Å². The Morgan fingerprint density at radius 3 is 1.30 bits per heavy atom. The lowest BCUT2D eigenvalue weighted by Gasteiger charge is -2.40. The van der Waals surface area contributed by atoms with Gasteiger partial charge in [-0.25, -0.2) is 4.79 Å². The van der Waals surface area contributed by atoms with E-state index in [-0.39, 0.29) is 25.9 Å². The molecule has 1 aliphatic heterocycles. The number of aliphatic hydroxyl groups excluding tert-OH is 2. The summed E-state index contributed by atoms with van der Waals surface area (Å²) in [7, 11) is 0. The van der Waals surface area contributed by atoms with Gasteiger partial charge in [0.05, 0.1) is 6.61 Å². The Labute approximate surface area is 465 Å². The smallest absolute Gasteiger partial charge is 0.335 e. The maximum Gasteiger partial charge on any atom is 0.335 e. The van der Waals surface area contributed by atoms with E-state index < -0.39 is 67.3 Å². The number of carboxylic acid groups (broad SMARTS) is 1. The van der Waals surface area contributed by atoms with Crippen molar-refractivity contribution in [2.75, 3.05) is 13.2 Å². The first-order valence-corrected chi connectivity index (χ1v) is 29.5. The van der Waals surface area contributed by atoms with Gasteiger partial charge in [0.25, 0.3) is 0 Å². The number of carbonyl (C=O) groups is 4. The van der Waals surface area contributed by atoms with Crippen molar-refractivity contribution in [2.45, 2.75) is 250 Å². The standard InChI is InChI=1S/C65H102O12/c1-4-7-10-13-16-19-22-25-27-29-31-34-36-39-42-45-48-51-57(66)73-54-56(75-58(67)52-49-46-43-40-38-35-32-30-28-26-23-20-17-14-11-8-5-2)55-74-65-63(61(70)60(69)62(77-65)64(71)72)76-59(68)53-50-47-44-41-37-33-24-21-18-15-12-9-6-3/h7,9-10,12,16-21,25-28,31,33-34,37,44,47,56,60-63,65,69-70H,4-6,8,11,13-15,22-24,29-30,32,35-36,38-43,45-46,48-55H2,1-3H3,(H,71,72)/b10-7-,12-9-,19-16-,20-17-,21-18-,27-25-,28-26-,34-31-,37-33-,47-44-. The molecule has 1 aliphatic rings. The van der Waals surface area contributed by atoms with Crippen molar-refractivity contribution < 1.29 is 58.2 Å². The van der Waals surface area contributed by atoms with E-state index in [9.17, 15) is 34.5 Å². The van der Waals surface area contributed by atoms with Crippen LogP contribution in [-0.4, -0.2) is 89.2 Å². The second kappa shape index (κ2) is 51.9. The molecule has 12 nitrogen and oxygen atoms in total. The van der Waals surface area contributed by atoms with Gasteiger partial charge in [-0.15, -0.1) is 0 Å². The number of allylic oxidation sites excluding steroid dienone is 20. The second-order valence-corrected chi connectivity index (χ2v) is 19.5. The van der Waals surface area contributed by atoms with Crippen LogP contribution >= 0.6 is 0 Å². The molecule has 0 aromatic heterocycles. The SMILES string of the molecule is CC/C=C\C/C=C\C/C=C\C/C=C\CCCCCCC(=O)OCC(COC1OC(C(=O)O)C(O)C(O)C1OC(=O)CC/C=C\C/C=C\C/C=C\C/C=C\CC)OC(=O)CCCCCCCCC/C=C\C/C=C\CCCCC. The van der Waals surface area contributed by atoms with Gasteiger partial charge in [-0.3, -0.25) is 14.4 Å². The molecule has 0 saturated carbocycles. The molecule has 434 valence electrons. The minimum absolute atomic E-state index is 0.0702. The van der Waals surface area contributed by atoms with E-state index >= 15 is 0 Å². The molecule has 6 atom stereocenters. The summed E-state index contributed by atoms with van der Waals surface area (Å²) in [6.07, 6.45) is 59.0. The Bertz CT molecular complexity index is 1800. The van der Waals surface area contributed by atoms with Gasteiger partial charge in [0.1, 0.15) is 18.8 Å². The van der Waals surface area contributed by atoms with Crippen LogP contribution in [0.3, 0.4) is 0 Å². The minimum Gasteiger partial charge on any atom is -0.479 e. The number of unbranched alkanes of at least 4 members (excludes halogenated alkanes) is 14. The third-order valence-electron chi connectivity index (χ3n) is 12.5. The van der Waals surface area contributed by atoms with Crippen molar-refractivity contribution in [1.29, 1.82) is 0 Å². The summed E-state index contributed by atoms with van der Waals surface area (Å²) in [5.74, 6) is -3.28. The van der Waals surface area contributed by atoms with Gasteiger partial charge in [0.2, 0.25) is 0 Å². The molecule has 0 amide bonds. The monoisotopic (exact) mass is 1070 g/mol. The number of esters is 3. The lowest BCUT2D eigenvalue weighted by atomic mass is 9.98. The topological polar surface area (TPSA) is 175 Å². The van der Waals surface area contributed by atoms with Crippen LogP contribution in [0.2, 0.25) is 0 Å². The van der Waals surface area contributed by atoms with Crippen LogP contribution < -0.4 is 0 Å². The molecular weight excluding hydrogens is 973 g/mol. The predicted octanol–water partition coefficient (Wildman–Crippen LogP) is 15.2. The van der Waals surface area contributed by atoms with Crippen molar-refractivity contribution >= 4 is 23.9 Å². The lowest BCUT2D eigenvalue weighted by molar-refractivity contribution is -0.301. The number of carbonyl (C=O) groups excluding carboxylic acids is 3. The van der Waals surface area contributed by atoms with Crippen LogP contribution in [0.25, 0.3) is 0 Å². The Morgan fingerprint density at radius 1 is 0.442 bits per heavy atom. The first kappa shape index (κ1) is 70.1. The summed E-state index contributed by atoms with van der Waals surface area (Å²) in [6, 6.07) is 0. The van der Waals surface area contributed by atoms with Crippen LogP contribution in [0.15, 0.2) is 122 Å². The summed E-state index contributed by atoms with van der Waals surface area (Å²) < 4.78 is 28.3. The fraction of sp³-hybridized carbons (Fsp3) is 0.631. The van der Waals surface area contributed by atoms with Crippen LogP contribution in [0.5, 0.6) is 0 Å². The minimum atomic E-state index is -1.94. The number of aliphatic hydroxyl groups is 2.